The first-order valence-corrected chi connectivity index (χ1v) is 7.11. The minimum atomic E-state index is -0.0615. The van der Waals surface area contributed by atoms with E-state index < -0.39 is 0 Å². The first-order chi connectivity index (χ1) is 9.81. The Bertz CT molecular complexity index is 468. The van der Waals surface area contributed by atoms with Crippen LogP contribution in [0.5, 0.6) is 0 Å². The average Bonchev–Trinajstić information content (AvgIpc) is 2.91. The third-order valence-corrected chi connectivity index (χ3v) is 3.96. The van der Waals surface area contributed by atoms with E-state index in [4.69, 9.17) is 9.47 Å². The summed E-state index contributed by atoms with van der Waals surface area (Å²) >= 11 is 0. The predicted octanol–water partition coefficient (Wildman–Crippen LogP) is 0.885. The fraction of sp³-hybridized carbons (Fsp3) is 0.643. The van der Waals surface area contributed by atoms with Crippen molar-refractivity contribution in [2.45, 2.75) is 38.0 Å². The summed E-state index contributed by atoms with van der Waals surface area (Å²) in [5.41, 5.74) is 0.396. The maximum atomic E-state index is 12.5. The van der Waals surface area contributed by atoms with Gasteiger partial charge in [0.1, 0.15) is 11.8 Å². The van der Waals surface area contributed by atoms with Crippen LogP contribution >= 0.6 is 0 Å². The molecule has 20 heavy (non-hydrogen) atoms. The van der Waals surface area contributed by atoms with Crippen molar-refractivity contribution in [1.29, 1.82) is 0 Å². The molecule has 6 nitrogen and oxygen atoms in total. The highest BCUT2D eigenvalue weighted by molar-refractivity contribution is 5.92. The molecule has 0 aromatic carbocycles. The summed E-state index contributed by atoms with van der Waals surface area (Å²) < 4.78 is 11.5. The van der Waals surface area contributed by atoms with Crippen LogP contribution in [0.2, 0.25) is 0 Å². The molecule has 108 valence electrons. The van der Waals surface area contributed by atoms with Crippen LogP contribution in [0.25, 0.3) is 0 Å². The van der Waals surface area contributed by atoms with E-state index >= 15 is 0 Å². The van der Waals surface area contributed by atoms with E-state index in [1.165, 1.54) is 6.20 Å². The average molecular weight is 277 g/mol. The molecule has 0 N–H and O–H groups in total. The predicted molar refractivity (Wildman–Crippen MR) is 71.2 cm³/mol. The Labute approximate surface area is 118 Å². The van der Waals surface area contributed by atoms with Crippen molar-refractivity contribution < 1.29 is 14.3 Å². The normalized spacial score (nSPS) is 29.2. The number of nitrogens with zero attached hydrogens (tertiary/aromatic N) is 3. The Morgan fingerprint density at radius 2 is 2.40 bits per heavy atom. The first kappa shape index (κ1) is 13.5. The third kappa shape index (κ3) is 2.41. The smallest absolute Gasteiger partial charge is 0.274 e. The van der Waals surface area contributed by atoms with E-state index in [0.29, 0.717) is 25.5 Å². The lowest BCUT2D eigenvalue weighted by molar-refractivity contribution is -0.102. The van der Waals surface area contributed by atoms with Gasteiger partial charge in [-0.1, -0.05) is 0 Å². The van der Waals surface area contributed by atoms with Gasteiger partial charge in [-0.15, -0.1) is 0 Å². The maximum absolute atomic E-state index is 12.5. The molecule has 3 atom stereocenters. The molecule has 0 spiro atoms. The summed E-state index contributed by atoms with van der Waals surface area (Å²) in [6.07, 6.45) is 6.57. The summed E-state index contributed by atoms with van der Waals surface area (Å²) in [6, 6.07) is 0.0924. The van der Waals surface area contributed by atoms with Crippen LogP contribution in [0.1, 0.15) is 30.3 Å². The molecule has 6 heteroatoms. The van der Waals surface area contributed by atoms with E-state index in [2.05, 4.69) is 9.97 Å². The number of aromatic nitrogens is 2. The summed E-state index contributed by atoms with van der Waals surface area (Å²) in [5, 5.41) is 0. The van der Waals surface area contributed by atoms with Gasteiger partial charge in [0, 0.05) is 25.5 Å². The summed E-state index contributed by atoms with van der Waals surface area (Å²) in [5.74, 6) is -0.0615. The molecule has 1 aromatic rings. The quantitative estimate of drug-likeness (QED) is 0.821. The summed E-state index contributed by atoms with van der Waals surface area (Å²) in [7, 11) is 0. The van der Waals surface area contributed by atoms with Gasteiger partial charge in [0.15, 0.2) is 0 Å². The first-order valence-electron chi connectivity index (χ1n) is 7.11. The highest BCUT2D eigenvalue weighted by Gasteiger charge is 2.45. The number of fused-ring (bicyclic) bond motifs is 1. The molecule has 0 radical (unpaired) electrons. The van der Waals surface area contributed by atoms with Crippen molar-refractivity contribution in [3.63, 3.8) is 0 Å². The molecule has 1 saturated carbocycles. The van der Waals surface area contributed by atoms with Crippen LogP contribution in [0.15, 0.2) is 18.6 Å². The van der Waals surface area contributed by atoms with E-state index in [9.17, 15) is 4.79 Å². The topological polar surface area (TPSA) is 64.6 Å². The fourth-order valence-corrected chi connectivity index (χ4v) is 3.12. The second-order valence-corrected chi connectivity index (χ2v) is 5.06. The van der Waals surface area contributed by atoms with Crippen LogP contribution in [0.4, 0.5) is 0 Å². The number of hydrogen-bond donors (Lipinski definition) is 0. The number of carbonyl (C=O) groups is 1. The monoisotopic (exact) mass is 277 g/mol. The van der Waals surface area contributed by atoms with Crippen LogP contribution in [-0.2, 0) is 9.47 Å². The molecule has 0 unspecified atom stereocenters. The van der Waals surface area contributed by atoms with Crippen molar-refractivity contribution in [1.82, 2.24) is 14.9 Å². The number of morpholine rings is 1. The van der Waals surface area contributed by atoms with Crippen molar-refractivity contribution in [3.05, 3.63) is 24.3 Å². The van der Waals surface area contributed by atoms with Crippen LogP contribution in [0, 0.1) is 0 Å². The zero-order valence-corrected chi connectivity index (χ0v) is 11.6. The summed E-state index contributed by atoms with van der Waals surface area (Å²) in [4.78, 5) is 22.5. The van der Waals surface area contributed by atoms with E-state index in [1.54, 1.807) is 12.4 Å². The van der Waals surface area contributed by atoms with Gasteiger partial charge in [-0.05, 0) is 19.8 Å². The minimum absolute atomic E-state index is 0.00989. The molecule has 1 aliphatic carbocycles. The fourth-order valence-electron chi connectivity index (χ4n) is 3.12. The second kappa shape index (κ2) is 5.85. The van der Waals surface area contributed by atoms with E-state index in [1.807, 2.05) is 11.8 Å². The Hall–Kier alpha value is -1.53. The second-order valence-electron chi connectivity index (χ2n) is 5.06. The van der Waals surface area contributed by atoms with Crippen LogP contribution in [0.3, 0.4) is 0 Å². The standard InChI is InChI=1S/C14H19N3O3/c1-2-19-12-4-3-11-13(12)20-8-7-17(11)14(18)10-9-15-5-6-16-10/h5-6,9,11-13H,2-4,7-8H2,1H3/t11-,12+,13+/m0/s1. The molecule has 0 bridgehead atoms. The number of ether oxygens (including phenoxy) is 2. The van der Waals surface area contributed by atoms with Gasteiger partial charge in [-0.2, -0.15) is 0 Å². The van der Waals surface area contributed by atoms with Gasteiger partial charge in [0.2, 0.25) is 0 Å². The minimum Gasteiger partial charge on any atom is -0.376 e. The summed E-state index contributed by atoms with van der Waals surface area (Å²) in [6.45, 7) is 3.82. The third-order valence-electron chi connectivity index (χ3n) is 3.96. The highest BCUT2D eigenvalue weighted by atomic mass is 16.5. The lowest BCUT2D eigenvalue weighted by Gasteiger charge is -2.38. The molecule has 2 heterocycles. The largest absolute Gasteiger partial charge is 0.376 e. The SMILES string of the molecule is CCO[C@@H]1CC[C@H]2[C@H]1OCCN2C(=O)c1cnccn1. The Balaban J connectivity index is 1.76. The molecule has 1 amide bonds. The Morgan fingerprint density at radius 1 is 1.50 bits per heavy atom. The molecule has 2 aliphatic rings. The van der Waals surface area contributed by atoms with E-state index in [-0.39, 0.29) is 24.2 Å². The van der Waals surface area contributed by atoms with Crippen LogP contribution in [-0.4, -0.2) is 58.8 Å². The van der Waals surface area contributed by atoms with Gasteiger partial charge < -0.3 is 14.4 Å². The zero-order valence-electron chi connectivity index (χ0n) is 11.6. The lowest BCUT2D eigenvalue weighted by Crippen LogP contribution is -2.54. The Morgan fingerprint density at radius 3 is 3.15 bits per heavy atom. The molecule has 2 fully saturated rings. The van der Waals surface area contributed by atoms with Crippen molar-refractivity contribution in [3.8, 4) is 0 Å². The van der Waals surface area contributed by atoms with Gasteiger partial charge in [0.25, 0.3) is 5.91 Å². The molecular weight excluding hydrogens is 258 g/mol. The van der Waals surface area contributed by atoms with Gasteiger partial charge in [0.05, 0.1) is 24.9 Å². The number of hydrogen-bond acceptors (Lipinski definition) is 5. The maximum Gasteiger partial charge on any atom is 0.274 e. The highest BCUT2D eigenvalue weighted by Crippen LogP contribution is 2.32. The molecule has 1 saturated heterocycles. The van der Waals surface area contributed by atoms with Gasteiger partial charge in [-0.25, -0.2) is 4.98 Å². The van der Waals surface area contributed by atoms with Crippen LogP contribution < -0.4 is 0 Å². The zero-order chi connectivity index (χ0) is 13.9. The molecular formula is C14H19N3O3. The van der Waals surface area contributed by atoms with E-state index in [0.717, 1.165) is 12.8 Å². The van der Waals surface area contributed by atoms with Crippen molar-refractivity contribution in [2.75, 3.05) is 19.8 Å². The van der Waals surface area contributed by atoms with Gasteiger partial charge >= 0.3 is 0 Å². The number of carbonyl (C=O) groups excluding carboxylic acids is 1. The number of amides is 1. The molecule has 3 rings (SSSR count). The number of rotatable bonds is 3. The lowest BCUT2D eigenvalue weighted by atomic mass is 10.1. The Kier molecular flexibility index (Phi) is 3.93. The molecule has 1 aromatic heterocycles. The van der Waals surface area contributed by atoms with Crippen molar-refractivity contribution >= 4 is 5.91 Å². The van der Waals surface area contributed by atoms with Crippen molar-refractivity contribution in [2.24, 2.45) is 0 Å². The van der Waals surface area contributed by atoms with Gasteiger partial charge in [-0.3, -0.25) is 9.78 Å². The molecule has 1 aliphatic heterocycles.